The van der Waals surface area contributed by atoms with Crippen molar-refractivity contribution in [1.82, 2.24) is 20.5 Å². The molecule has 1 fully saturated rings. The molecule has 2 heterocycles. The molecule has 1 unspecified atom stereocenters. The highest BCUT2D eigenvalue weighted by Crippen LogP contribution is 2.40. The first-order chi connectivity index (χ1) is 14.5. The molecule has 3 rings (SSSR count). The summed E-state index contributed by atoms with van der Waals surface area (Å²) < 4.78 is 21.4. The number of amides is 1. The summed E-state index contributed by atoms with van der Waals surface area (Å²) in [5.41, 5.74) is 0.342. The molecule has 0 spiro atoms. The Kier molecular flexibility index (Phi) is 7.23. The first-order valence-electron chi connectivity index (χ1n) is 9.70. The molecule has 1 aromatic heterocycles. The summed E-state index contributed by atoms with van der Waals surface area (Å²) >= 11 is 0. The second-order valence-corrected chi connectivity index (χ2v) is 6.80. The number of methoxy groups -OCH3 is 3. The number of H-pyrrole nitrogens is 1. The van der Waals surface area contributed by atoms with Gasteiger partial charge in [0.25, 0.3) is 5.56 Å². The minimum Gasteiger partial charge on any atom is -0.493 e. The van der Waals surface area contributed by atoms with Crippen LogP contribution in [0.2, 0.25) is 0 Å². The molecule has 1 aliphatic rings. The predicted molar refractivity (Wildman–Crippen MR) is 108 cm³/mol. The Bertz CT molecular complexity index is 914. The molecule has 162 valence electrons. The lowest BCUT2D eigenvalue weighted by atomic mass is 10.1. The van der Waals surface area contributed by atoms with Crippen molar-refractivity contribution in [2.24, 2.45) is 0 Å². The number of aromatic nitrogens is 3. The summed E-state index contributed by atoms with van der Waals surface area (Å²) in [6.45, 7) is 1.23. The maximum atomic E-state index is 12.4. The standard InChI is InChI=1S/C20H26N4O6/c1-27-15-9-12(10-16(28-2)18(15)29-3)19-22-20(26)14(23-24-19)6-7-17(25)21-11-13-5-4-8-30-13/h9-10,13H,4-8,11H2,1-3H3,(H,21,25)(H,22,24,26). The van der Waals surface area contributed by atoms with E-state index >= 15 is 0 Å². The van der Waals surface area contributed by atoms with Crippen molar-refractivity contribution in [2.45, 2.75) is 31.8 Å². The smallest absolute Gasteiger partial charge is 0.273 e. The average molecular weight is 418 g/mol. The predicted octanol–water partition coefficient (Wildman–Crippen LogP) is 1.09. The van der Waals surface area contributed by atoms with Gasteiger partial charge in [0.15, 0.2) is 17.3 Å². The molecule has 0 bridgehead atoms. The van der Waals surface area contributed by atoms with Gasteiger partial charge in [0.05, 0.1) is 27.4 Å². The Morgan fingerprint density at radius 2 is 1.93 bits per heavy atom. The number of hydrogen-bond acceptors (Lipinski definition) is 8. The molecule has 0 saturated carbocycles. The van der Waals surface area contributed by atoms with Gasteiger partial charge in [-0.2, -0.15) is 0 Å². The van der Waals surface area contributed by atoms with Gasteiger partial charge in [-0.3, -0.25) is 9.59 Å². The minimum atomic E-state index is -0.402. The summed E-state index contributed by atoms with van der Waals surface area (Å²) in [5, 5.41) is 10.9. The minimum absolute atomic E-state index is 0.0786. The molecule has 1 amide bonds. The third-order valence-electron chi connectivity index (χ3n) is 4.84. The maximum absolute atomic E-state index is 12.4. The number of benzene rings is 1. The van der Waals surface area contributed by atoms with E-state index in [1.807, 2.05) is 0 Å². The highest BCUT2D eigenvalue weighted by molar-refractivity contribution is 5.76. The van der Waals surface area contributed by atoms with E-state index in [-0.39, 0.29) is 36.4 Å². The van der Waals surface area contributed by atoms with Crippen LogP contribution in [-0.2, 0) is 16.0 Å². The van der Waals surface area contributed by atoms with Gasteiger partial charge in [-0.1, -0.05) is 0 Å². The van der Waals surface area contributed by atoms with Gasteiger partial charge < -0.3 is 29.2 Å². The molecule has 0 radical (unpaired) electrons. The van der Waals surface area contributed by atoms with Crippen LogP contribution in [-0.4, -0.2) is 61.7 Å². The number of hydrogen-bond donors (Lipinski definition) is 2. The number of aromatic amines is 1. The molecule has 0 aliphatic carbocycles. The molecule has 1 aliphatic heterocycles. The van der Waals surface area contributed by atoms with Crippen molar-refractivity contribution < 1.29 is 23.7 Å². The molecule has 2 N–H and O–H groups in total. The number of rotatable bonds is 9. The van der Waals surface area contributed by atoms with Crippen molar-refractivity contribution in [1.29, 1.82) is 0 Å². The lowest BCUT2D eigenvalue weighted by Gasteiger charge is -2.13. The van der Waals surface area contributed by atoms with E-state index in [4.69, 9.17) is 18.9 Å². The number of carbonyl (C=O) groups is 1. The molecule has 1 aromatic carbocycles. The summed E-state index contributed by atoms with van der Waals surface area (Å²) in [6.07, 6.45) is 2.39. The second-order valence-electron chi connectivity index (χ2n) is 6.80. The second kappa shape index (κ2) is 10.1. The monoisotopic (exact) mass is 418 g/mol. The van der Waals surface area contributed by atoms with Crippen LogP contribution in [0.15, 0.2) is 16.9 Å². The number of carbonyl (C=O) groups excluding carboxylic acids is 1. The van der Waals surface area contributed by atoms with Crippen LogP contribution in [0.5, 0.6) is 17.2 Å². The van der Waals surface area contributed by atoms with Gasteiger partial charge in [0.1, 0.15) is 5.69 Å². The van der Waals surface area contributed by atoms with Crippen LogP contribution in [0.3, 0.4) is 0 Å². The summed E-state index contributed by atoms with van der Waals surface area (Å²) in [6, 6.07) is 3.33. The van der Waals surface area contributed by atoms with Gasteiger partial charge in [-0.25, -0.2) is 0 Å². The summed E-state index contributed by atoms with van der Waals surface area (Å²) in [4.78, 5) is 27.1. The highest BCUT2D eigenvalue weighted by Gasteiger charge is 2.18. The first-order valence-corrected chi connectivity index (χ1v) is 9.70. The quantitative estimate of drug-likeness (QED) is 0.620. The summed E-state index contributed by atoms with van der Waals surface area (Å²) in [5.74, 6) is 1.40. The Morgan fingerprint density at radius 3 is 2.50 bits per heavy atom. The lowest BCUT2D eigenvalue weighted by Crippen LogP contribution is -2.32. The van der Waals surface area contributed by atoms with Crippen LogP contribution in [0.25, 0.3) is 11.4 Å². The van der Waals surface area contributed by atoms with Crippen molar-refractivity contribution in [3.05, 3.63) is 28.2 Å². The van der Waals surface area contributed by atoms with Crippen LogP contribution in [0.1, 0.15) is 25.0 Å². The molecule has 30 heavy (non-hydrogen) atoms. The third kappa shape index (κ3) is 5.07. The van der Waals surface area contributed by atoms with E-state index < -0.39 is 5.56 Å². The van der Waals surface area contributed by atoms with Gasteiger partial charge in [0.2, 0.25) is 11.7 Å². The highest BCUT2D eigenvalue weighted by atomic mass is 16.5. The Labute approximate surface area is 173 Å². The SMILES string of the molecule is COc1cc(-c2nnc(CCC(=O)NCC3CCCO3)c(=O)[nH]2)cc(OC)c1OC. The van der Waals surface area contributed by atoms with Gasteiger partial charge >= 0.3 is 0 Å². The third-order valence-corrected chi connectivity index (χ3v) is 4.84. The van der Waals surface area contributed by atoms with Crippen LogP contribution in [0, 0.1) is 0 Å². The number of ether oxygens (including phenoxy) is 4. The zero-order valence-electron chi connectivity index (χ0n) is 17.3. The molecule has 10 nitrogen and oxygen atoms in total. The van der Waals surface area contributed by atoms with Crippen molar-refractivity contribution >= 4 is 5.91 Å². The Balaban J connectivity index is 1.67. The van der Waals surface area contributed by atoms with E-state index in [9.17, 15) is 9.59 Å². The van der Waals surface area contributed by atoms with E-state index in [0.717, 1.165) is 19.4 Å². The maximum Gasteiger partial charge on any atom is 0.273 e. The fraction of sp³-hybridized carbons (Fsp3) is 0.500. The van der Waals surface area contributed by atoms with Gasteiger partial charge in [-0.15, -0.1) is 10.2 Å². The number of aryl methyl sites for hydroxylation is 1. The molecule has 2 aromatic rings. The largest absolute Gasteiger partial charge is 0.493 e. The van der Waals surface area contributed by atoms with Gasteiger partial charge in [0, 0.05) is 31.6 Å². The van der Waals surface area contributed by atoms with E-state index in [1.165, 1.54) is 21.3 Å². The normalized spacial score (nSPS) is 15.6. The van der Waals surface area contributed by atoms with Crippen molar-refractivity contribution in [3.63, 3.8) is 0 Å². The fourth-order valence-electron chi connectivity index (χ4n) is 3.23. The number of nitrogens with one attached hydrogen (secondary N) is 2. The zero-order chi connectivity index (χ0) is 21.5. The van der Waals surface area contributed by atoms with Crippen LogP contribution >= 0.6 is 0 Å². The van der Waals surface area contributed by atoms with Crippen molar-refractivity contribution in [3.8, 4) is 28.6 Å². The molecule has 1 atom stereocenters. The molecular weight excluding hydrogens is 392 g/mol. The van der Waals surface area contributed by atoms with Crippen LogP contribution < -0.4 is 25.1 Å². The zero-order valence-corrected chi connectivity index (χ0v) is 17.3. The van der Waals surface area contributed by atoms with E-state index in [1.54, 1.807) is 12.1 Å². The van der Waals surface area contributed by atoms with Crippen molar-refractivity contribution in [2.75, 3.05) is 34.5 Å². The molecular formula is C20H26N4O6. The lowest BCUT2D eigenvalue weighted by molar-refractivity contribution is -0.121. The molecule has 10 heteroatoms. The van der Waals surface area contributed by atoms with E-state index in [0.29, 0.717) is 29.4 Å². The average Bonchev–Trinajstić information content (AvgIpc) is 3.29. The topological polar surface area (TPSA) is 125 Å². The summed E-state index contributed by atoms with van der Waals surface area (Å²) in [7, 11) is 4.51. The first kappa shape index (κ1) is 21.6. The fourth-order valence-corrected chi connectivity index (χ4v) is 3.23. The Hall–Kier alpha value is -3.14. The molecule has 1 saturated heterocycles. The van der Waals surface area contributed by atoms with Crippen LogP contribution in [0.4, 0.5) is 0 Å². The van der Waals surface area contributed by atoms with E-state index in [2.05, 4.69) is 20.5 Å². The Morgan fingerprint density at radius 1 is 1.20 bits per heavy atom. The number of nitrogens with zero attached hydrogens (tertiary/aromatic N) is 2. The van der Waals surface area contributed by atoms with Gasteiger partial charge in [-0.05, 0) is 25.0 Å².